The topological polar surface area (TPSA) is 77.6 Å². The number of aromatic nitrogens is 2. The van der Waals surface area contributed by atoms with E-state index in [1.165, 1.54) is 0 Å². The van der Waals surface area contributed by atoms with Gasteiger partial charge < -0.3 is 19.0 Å². The number of hydrogen-bond donors (Lipinski definition) is 1. The Balaban J connectivity index is 1.43. The van der Waals surface area contributed by atoms with E-state index in [9.17, 15) is 5.11 Å². The Labute approximate surface area is 133 Å². The maximum Gasteiger partial charge on any atom is 0.247 e. The summed E-state index contributed by atoms with van der Waals surface area (Å²) in [4.78, 5) is 0. The average molecular weight is 312 g/mol. The van der Waals surface area contributed by atoms with Crippen molar-refractivity contribution in [3.63, 3.8) is 0 Å². The van der Waals surface area contributed by atoms with Gasteiger partial charge in [-0.3, -0.25) is 0 Å². The van der Waals surface area contributed by atoms with Gasteiger partial charge in [-0.1, -0.05) is 18.2 Å². The number of para-hydroxylation sites is 1. The molecule has 1 N–H and O–H groups in total. The lowest BCUT2D eigenvalue weighted by atomic mass is 10.2. The van der Waals surface area contributed by atoms with E-state index in [1.807, 2.05) is 30.3 Å². The second kappa shape index (κ2) is 7.42. The first kappa shape index (κ1) is 15.1. The predicted molar refractivity (Wildman–Crippen MR) is 83.0 cm³/mol. The van der Waals surface area contributed by atoms with Crippen molar-refractivity contribution in [2.24, 2.45) is 0 Å². The molecule has 6 nitrogen and oxygen atoms in total. The van der Waals surface area contributed by atoms with E-state index in [2.05, 4.69) is 10.2 Å². The first-order valence-corrected chi connectivity index (χ1v) is 7.18. The fraction of sp³-hybridized carbons (Fsp3) is 0.176. The van der Waals surface area contributed by atoms with Crippen molar-refractivity contribution >= 4 is 0 Å². The van der Waals surface area contributed by atoms with Crippen LogP contribution in [0.5, 0.6) is 11.5 Å². The molecular formula is C17H16N2O4. The first-order chi connectivity index (χ1) is 11.3. The predicted octanol–water partition coefficient (Wildman–Crippen LogP) is 3.04. The van der Waals surface area contributed by atoms with Gasteiger partial charge in [-0.2, -0.15) is 0 Å². The Kier molecular flexibility index (Phi) is 4.85. The number of phenols is 1. The number of hydrogen-bond acceptors (Lipinski definition) is 6. The molecule has 1 heterocycles. The van der Waals surface area contributed by atoms with Gasteiger partial charge >= 0.3 is 0 Å². The lowest BCUT2D eigenvalue weighted by Crippen LogP contribution is -2.06. The molecule has 0 aliphatic heterocycles. The molecule has 0 atom stereocenters. The van der Waals surface area contributed by atoms with Gasteiger partial charge in [0.15, 0.2) is 0 Å². The van der Waals surface area contributed by atoms with E-state index in [-0.39, 0.29) is 12.4 Å². The molecule has 0 aliphatic carbocycles. The van der Waals surface area contributed by atoms with Gasteiger partial charge in [-0.15, -0.1) is 10.2 Å². The molecule has 0 radical (unpaired) electrons. The Morgan fingerprint density at radius 3 is 2.48 bits per heavy atom. The molecule has 118 valence electrons. The zero-order chi connectivity index (χ0) is 15.9. The van der Waals surface area contributed by atoms with Crippen LogP contribution in [-0.2, 0) is 11.3 Å². The quantitative estimate of drug-likeness (QED) is 0.676. The third kappa shape index (κ3) is 4.31. The van der Waals surface area contributed by atoms with E-state index in [0.29, 0.717) is 25.0 Å². The zero-order valence-electron chi connectivity index (χ0n) is 12.4. The minimum Gasteiger partial charge on any atom is -0.508 e. The van der Waals surface area contributed by atoms with Crippen molar-refractivity contribution in [3.8, 4) is 23.0 Å². The summed E-state index contributed by atoms with van der Waals surface area (Å²) in [6, 6.07) is 16.1. The SMILES string of the molecule is Oc1ccc(-c2nnc(COCCOc3ccccc3)o2)cc1. The Morgan fingerprint density at radius 1 is 0.913 bits per heavy atom. The lowest BCUT2D eigenvalue weighted by Gasteiger charge is -2.05. The average Bonchev–Trinajstić information content (AvgIpc) is 3.05. The zero-order valence-corrected chi connectivity index (χ0v) is 12.4. The highest BCUT2D eigenvalue weighted by Gasteiger charge is 2.08. The third-order valence-electron chi connectivity index (χ3n) is 3.05. The number of benzene rings is 2. The highest BCUT2D eigenvalue weighted by Crippen LogP contribution is 2.20. The van der Waals surface area contributed by atoms with E-state index >= 15 is 0 Å². The van der Waals surface area contributed by atoms with Gasteiger partial charge in [-0.05, 0) is 36.4 Å². The van der Waals surface area contributed by atoms with Crippen LogP contribution in [0.1, 0.15) is 5.89 Å². The minimum absolute atomic E-state index is 0.190. The van der Waals surface area contributed by atoms with Crippen LogP contribution in [0.15, 0.2) is 59.0 Å². The molecule has 0 unspecified atom stereocenters. The van der Waals surface area contributed by atoms with Crippen LogP contribution in [0, 0.1) is 0 Å². The summed E-state index contributed by atoms with van der Waals surface area (Å²) in [5, 5.41) is 17.1. The fourth-order valence-electron chi connectivity index (χ4n) is 1.93. The molecule has 6 heteroatoms. The van der Waals surface area contributed by atoms with Gasteiger partial charge in [-0.25, -0.2) is 0 Å². The van der Waals surface area contributed by atoms with E-state index in [1.54, 1.807) is 24.3 Å². The normalized spacial score (nSPS) is 10.6. The lowest BCUT2D eigenvalue weighted by molar-refractivity contribution is 0.0757. The highest BCUT2D eigenvalue weighted by atomic mass is 16.5. The molecule has 2 aromatic carbocycles. The molecule has 23 heavy (non-hydrogen) atoms. The van der Waals surface area contributed by atoms with Crippen LogP contribution >= 0.6 is 0 Å². The molecule has 0 fully saturated rings. The third-order valence-corrected chi connectivity index (χ3v) is 3.05. The second-order valence-electron chi connectivity index (χ2n) is 4.76. The molecule has 3 aromatic rings. The summed E-state index contributed by atoms with van der Waals surface area (Å²) in [5.74, 6) is 1.79. The molecular weight excluding hydrogens is 296 g/mol. The number of aromatic hydroxyl groups is 1. The van der Waals surface area contributed by atoms with Crippen LogP contribution in [0.25, 0.3) is 11.5 Å². The summed E-state index contributed by atoms with van der Waals surface area (Å²) >= 11 is 0. The summed E-state index contributed by atoms with van der Waals surface area (Å²) < 4.78 is 16.5. The van der Waals surface area contributed by atoms with Crippen molar-refractivity contribution in [2.75, 3.05) is 13.2 Å². The number of ether oxygens (including phenoxy) is 2. The summed E-state index contributed by atoms with van der Waals surface area (Å²) in [6.45, 7) is 1.10. The maximum atomic E-state index is 9.26. The monoisotopic (exact) mass is 312 g/mol. The van der Waals surface area contributed by atoms with Crippen molar-refractivity contribution in [2.45, 2.75) is 6.61 Å². The highest BCUT2D eigenvalue weighted by molar-refractivity contribution is 5.53. The van der Waals surface area contributed by atoms with Gasteiger partial charge in [0.25, 0.3) is 0 Å². The number of rotatable bonds is 7. The molecule has 0 saturated carbocycles. The van der Waals surface area contributed by atoms with Crippen molar-refractivity contribution in [1.82, 2.24) is 10.2 Å². The smallest absolute Gasteiger partial charge is 0.247 e. The minimum atomic E-state index is 0.190. The first-order valence-electron chi connectivity index (χ1n) is 7.18. The largest absolute Gasteiger partial charge is 0.508 e. The van der Waals surface area contributed by atoms with Crippen LogP contribution in [-0.4, -0.2) is 28.5 Å². The molecule has 3 rings (SSSR count). The molecule has 0 amide bonds. The van der Waals surface area contributed by atoms with Crippen LogP contribution in [0.4, 0.5) is 0 Å². The number of nitrogens with zero attached hydrogens (tertiary/aromatic N) is 2. The Bertz CT molecular complexity index is 726. The molecule has 1 aromatic heterocycles. The van der Waals surface area contributed by atoms with Gasteiger partial charge in [0, 0.05) is 5.56 Å². The van der Waals surface area contributed by atoms with Gasteiger partial charge in [0.2, 0.25) is 11.8 Å². The van der Waals surface area contributed by atoms with Gasteiger partial charge in [0.1, 0.15) is 24.7 Å². The molecule has 0 saturated heterocycles. The molecule has 0 bridgehead atoms. The van der Waals surface area contributed by atoms with Crippen LogP contribution in [0.2, 0.25) is 0 Å². The van der Waals surface area contributed by atoms with Crippen molar-refractivity contribution in [3.05, 3.63) is 60.5 Å². The summed E-state index contributed by atoms with van der Waals surface area (Å²) in [7, 11) is 0. The summed E-state index contributed by atoms with van der Waals surface area (Å²) in [6.07, 6.45) is 0. The van der Waals surface area contributed by atoms with E-state index in [4.69, 9.17) is 13.9 Å². The molecule has 0 spiro atoms. The number of phenolic OH excluding ortho intramolecular Hbond substituents is 1. The van der Waals surface area contributed by atoms with E-state index in [0.717, 1.165) is 11.3 Å². The van der Waals surface area contributed by atoms with Crippen molar-refractivity contribution in [1.29, 1.82) is 0 Å². The Hall–Kier alpha value is -2.86. The fourth-order valence-corrected chi connectivity index (χ4v) is 1.93. The second-order valence-corrected chi connectivity index (χ2v) is 4.76. The van der Waals surface area contributed by atoms with Crippen molar-refractivity contribution < 1.29 is 19.0 Å². The summed E-state index contributed by atoms with van der Waals surface area (Å²) in [5.41, 5.74) is 0.744. The molecule has 0 aliphatic rings. The van der Waals surface area contributed by atoms with Crippen LogP contribution in [0.3, 0.4) is 0 Å². The van der Waals surface area contributed by atoms with E-state index < -0.39 is 0 Å². The Morgan fingerprint density at radius 2 is 1.70 bits per heavy atom. The standard InChI is InChI=1S/C17H16N2O4/c20-14-8-6-13(7-9-14)17-19-18-16(23-17)12-21-10-11-22-15-4-2-1-3-5-15/h1-9,20H,10-12H2. The van der Waals surface area contributed by atoms with Crippen LogP contribution < -0.4 is 4.74 Å². The van der Waals surface area contributed by atoms with Gasteiger partial charge in [0.05, 0.1) is 6.61 Å². The maximum absolute atomic E-state index is 9.26.